The van der Waals surface area contributed by atoms with Crippen molar-refractivity contribution in [1.82, 2.24) is 24.0 Å². The van der Waals surface area contributed by atoms with Crippen molar-refractivity contribution < 1.29 is 9.18 Å². The Labute approximate surface area is 176 Å². The molecule has 1 aromatic carbocycles. The van der Waals surface area contributed by atoms with E-state index < -0.39 is 17.1 Å². The Kier molecular flexibility index (Phi) is 6.56. The third kappa shape index (κ3) is 4.23. The van der Waals surface area contributed by atoms with E-state index in [0.29, 0.717) is 18.7 Å². The summed E-state index contributed by atoms with van der Waals surface area (Å²) in [4.78, 5) is 41.0. The van der Waals surface area contributed by atoms with E-state index in [-0.39, 0.29) is 41.9 Å². The van der Waals surface area contributed by atoms with Crippen LogP contribution in [0.25, 0.3) is 11.2 Å². The molecule has 0 radical (unpaired) electrons. The number of halogens is 2. The Hall–Kier alpha value is -3.14. The zero-order valence-electron chi connectivity index (χ0n) is 16.6. The largest absolute Gasteiger partial charge is 0.354 e. The van der Waals surface area contributed by atoms with Crippen LogP contribution in [0.15, 0.2) is 33.9 Å². The van der Waals surface area contributed by atoms with Crippen LogP contribution in [0.1, 0.15) is 12.0 Å². The van der Waals surface area contributed by atoms with Crippen LogP contribution in [0.5, 0.6) is 0 Å². The van der Waals surface area contributed by atoms with Gasteiger partial charge in [-0.1, -0.05) is 18.2 Å². The van der Waals surface area contributed by atoms with Crippen molar-refractivity contribution in [2.24, 2.45) is 14.1 Å². The Bertz CT molecular complexity index is 1200. The summed E-state index contributed by atoms with van der Waals surface area (Å²) in [5, 5.41) is 5.75. The van der Waals surface area contributed by atoms with Crippen molar-refractivity contribution >= 4 is 34.6 Å². The SMILES string of the molecule is Cn1c(=O)c2c(nc(NCCNC(=O)CCCl)n2Cc2ccccc2F)n(C)c1=O. The number of anilines is 1. The van der Waals surface area contributed by atoms with E-state index in [2.05, 4.69) is 15.6 Å². The van der Waals surface area contributed by atoms with Gasteiger partial charge < -0.3 is 10.6 Å². The first-order valence-corrected chi connectivity index (χ1v) is 9.84. The third-order valence-electron chi connectivity index (χ3n) is 4.69. The van der Waals surface area contributed by atoms with E-state index >= 15 is 0 Å². The molecule has 0 fully saturated rings. The normalized spacial score (nSPS) is 11.1. The van der Waals surface area contributed by atoms with Crippen molar-refractivity contribution in [3.63, 3.8) is 0 Å². The molecule has 2 N–H and O–H groups in total. The van der Waals surface area contributed by atoms with Crippen LogP contribution in [-0.4, -0.2) is 43.6 Å². The quantitative estimate of drug-likeness (QED) is 0.401. The van der Waals surface area contributed by atoms with Crippen molar-refractivity contribution in [1.29, 1.82) is 0 Å². The first-order chi connectivity index (χ1) is 14.3. The lowest BCUT2D eigenvalue weighted by Crippen LogP contribution is -2.37. The summed E-state index contributed by atoms with van der Waals surface area (Å²) in [5.74, 6) is -0.0731. The minimum atomic E-state index is -0.527. The molecule has 0 aliphatic heterocycles. The van der Waals surface area contributed by atoms with Gasteiger partial charge >= 0.3 is 5.69 Å². The lowest BCUT2D eigenvalue weighted by atomic mass is 10.2. The fraction of sp³-hybridized carbons (Fsp3) is 0.368. The van der Waals surface area contributed by atoms with Gasteiger partial charge in [0.2, 0.25) is 11.9 Å². The minimum absolute atomic E-state index is 0.0392. The second-order valence-corrected chi connectivity index (χ2v) is 7.08. The molecule has 2 aromatic heterocycles. The number of imidazole rings is 1. The maximum Gasteiger partial charge on any atom is 0.332 e. The van der Waals surface area contributed by atoms with E-state index in [9.17, 15) is 18.8 Å². The summed E-state index contributed by atoms with van der Waals surface area (Å²) < 4.78 is 18.0. The molecule has 0 aliphatic carbocycles. The van der Waals surface area contributed by atoms with Gasteiger partial charge in [-0.25, -0.2) is 9.18 Å². The van der Waals surface area contributed by atoms with E-state index in [1.807, 2.05) is 0 Å². The maximum atomic E-state index is 14.3. The molecule has 1 amide bonds. The standard InChI is InChI=1S/C19H22ClFN6O3/c1-25-16-15(17(29)26(2)19(25)30)27(11-12-5-3-4-6-13(12)21)18(24-16)23-10-9-22-14(28)7-8-20/h3-6H,7-11H2,1-2H3,(H,22,28)(H,23,24). The number of alkyl halides is 1. The van der Waals surface area contributed by atoms with Crippen LogP contribution in [0, 0.1) is 5.82 Å². The molecule has 0 unspecified atom stereocenters. The highest BCUT2D eigenvalue weighted by molar-refractivity contribution is 6.18. The van der Waals surface area contributed by atoms with Gasteiger partial charge in [0.15, 0.2) is 11.2 Å². The molecule has 11 heteroatoms. The van der Waals surface area contributed by atoms with Crippen LogP contribution in [-0.2, 0) is 25.4 Å². The molecule has 0 spiro atoms. The zero-order chi connectivity index (χ0) is 21.8. The summed E-state index contributed by atoms with van der Waals surface area (Å²) in [7, 11) is 2.89. The number of aryl methyl sites for hydroxylation is 1. The fourth-order valence-corrected chi connectivity index (χ4v) is 3.25. The third-order valence-corrected chi connectivity index (χ3v) is 4.88. The molecule has 160 valence electrons. The van der Waals surface area contributed by atoms with Gasteiger partial charge in [0.1, 0.15) is 5.82 Å². The molecule has 3 rings (SSSR count). The molecule has 2 heterocycles. The van der Waals surface area contributed by atoms with E-state index in [4.69, 9.17) is 11.6 Å². The van der Waals surface area contributed by atoms with Gasteiger partial charge in [-0.3, -0.25) is 23.3 Å². The average molecular weight is 437 g/mol. The molecule has 0 aliphatic rings. The average Bonchev–Trinajstić information content (AvgIpc) is 3.08. The summed E-state index contributed by atoms with van der Waals surface area (Å²) in [6.45, 7) is 0.649. The van der Waals surface area contributed by atoms with E-state index in [1.54, 1.807) is 18.2 Å². The number of rotatable bonds is 8. The number of nitrogens with one attached hydrogen (secondary N) is 2. The molecule has 0 saturated heterocycles. The number of nitrogens with zero attached hydrogens (tertiary/aromatic N) is 4. The van der Waals surface area contributed by atoms with Gasteiger partial charge in [0.05, 0.1) is 6.54 Å². The minimum Gasteiger partial charge on any atom is -0.354 e. The van der Waals surface area contributed by atoms with Crippen LogP contribution in [0.4, 0.5) is 10.3 Å². The molecule has 3 aromatic rings. The highest BCUT2D eigenvalue weighted by Gasteiger charge is 2.20. The number of hydrogen-bond donors (Lipinski definition) is 2. The smallest absolute Gasteiger partial charge is 0.332 e. The second-order valence-electron chi connectivity index (χ2n) is 6.71. The topological polar surface area (TPSA) is 103 Å². The van der Waals surface area contributed by atoms with Crippen molar-refractivity contribution in [2.75, 3.05) is 24.3 Å². The number of benzene rings is 1. The fourth-order valence-electron chi connectivity index (χ4n) is 3.08. The highest BCUT2D eigenvalue weighted by Crippen LogP contribution is 2.19. The summed E-state index contributed by atoms with van der Waals surface area (Å²) in [6, 6.07) is 6.23. The van der Waals surface area contributed by atoms with Crippen LogP contribution < -0.4 is 21.9 Å². The van der Waals surface area contributed by atoms with Gasteiger partial charge in [-0.15, -0.1) is 11.6 Å². The number of carbonyl (C=O) groups excluding carboxylic acids is 1. The Morgan fingerprint density at radius 3 is 2.60 bits per heavy atom. The summed E-state index contributed by atoms with van der Waals surface area (Å²) >= 11 is 5.54. The number of fused-ring (bicyclic) bond motifs is 1. The van der Waals surface area contributed by atoms with E-state index in [0.717, 1.165) is 4.57 Å². The zero-order valence-corrected chi connectivity index (χ0v) is 17.4. The van der Waals surface area contributed by atoms with Crippen LogP contribution in [0.3, 0.4) is 0 Å². The van der Waals surface area contributed by atoms with Crippen LogP contribution >= 0.6 is 11.6 Å². The first-order valence-electron chi connectivity index (χ1n) is 9.31. The number of carbonyl (C=O) groups is 1. The molecule has 0 saturated carbocycles. The molecule has 30 heavy (non-hydrogen) atoms. The predicted molar refractivity (Wildman–Crippen MR) is 113 cm³/mol. The lowest BCUT2D eigenvalue weighted by molar-refractivity contribution is -0.120. The lowest BCUT2D eigenvalue weighted by Gasteiger charge is -2.12. The van der Waals surface area contributed by atoms with Gasteiger partial charge in [0.25, 0.3) is 5.56 Å². The Morgan fingerprint density at radius 1 is 1.17 bits per heavy atom. The van der Waals surface area contributed by atoms with Gasteiger partial charge in [0, 0.05) is 45.0 Å². The monoisotopic (exact) mass is 436 g/mol. The molecule has 9 nitrogen and oxygen atoms in total. The molecule has 0 atom stereocenters. The summed E-state index contributed by atoms with van der Waals surface area (Å²) in [5.41, 5.74) is -0.306. The molecule has 0 bridgehead atoms. The predicted octanol–water partition coefficient (Wildman–Crippen LogP) is 0.778. The van der Waals surface area contributed by atoms with Crippen molar-refractivity contribution in [3.05, 3.63) is 56.5 Å². The number of aromatic nitrogens is 4. The van der Waals surface area contributed by atoms with Crippen molar-refractivity contribution in [2.45, 2.75) is 13.0 Å². The maximum absolute atomic E-state index is 14.3. The van der Waals surface area contributed by atoms with E-state index in [1.165, 1.54) is 29.3 Å². The number of hydrogen-bond acceptors (Lipinski definition) is 5. The number of amides is 1. The van der Waals surface area contributed by atoms with Crippen LogP contribution in [0.2, 0.25) is 0 Å². The van der Waals surface area contributed by atoms with Gasteiger partial charge in [-0.05, 0) is 6.07 Å². The Morgan fingerprint density at radius 2 is 1.90 bits per heavy atom. The molecular formula is C19H22ClFN6O3. The van der Waals surface area contributed by atoms with Gasteiger partial charge in [-0.2, -0.15) is 4.98 Å². The highest BCUT2D eigenvalue weighted by atomic mass is 35.5. The summed E-state index contributed by atoms with van der Waals surface area (Å²) in [6.07, 6.45) is 0.214. The van der Waals surface area contributed by atoms with Crippen molar-refractivity contribution in [3.8, 4) is 0 Å². The first kappa shape index (κ1) is 21.6. The molecular weight excluding hydrogens is 415 g/mol. The Balaban J connectivity index is 2.00. The second kappa shape index (κ2) is 9.12.